The normalized spacial score (nSPS) is 15.3. The number of benzene rings is 2. The number of halogens is 2. The molecule has 29 heavy (non-hydrogen) atoms. The van der Waals surface area contributed by atoms with Crippen LogP contribution in [0.3, 0.4) is 0 Å². The van der Waals surface area contributed by atoms with Gasteiger partial charge in [-0.3, -0.25) is 4.98 Å². The summed E-state index contributed by atoms with van der Waals surface area (Å²) in [6.07, 6.45) is 5.85. The predicted octanol–water partition coefficient (Wildman–Crippen LogP) is 4.67. The summed E-state index contributed by atoms with van der Waals surface area (Å²) in [4.78, 5) is 3.85. The van der Waals surface area contributed by atoms with Gasteiger partial charge < -0.3 is 10.4 Å². The van der Waals surface area contributed by atoms with Crippen LogP contribution < -0.4 is 5.32 Å². The fourth-order valence-corrected chi connectivity index (χ4v) is 3.50. The molecule has 3 nitrogen and oxygen atoms in total. The number of pyridine rings is 1. The van der Waals surface area contributed by atoms with Crippen molar-refractivity contribution in [2.75, 3.05) is 13.1 Å². The maximum Gasteiger partial charge on any atom is 0.123 e. The Kier molecular flexibility index (Phi) is 7.85. The number of piperidine rings is 1. The zero-order valence-electron chi connectivity index (χ0n) is 16.3. The summed E-state index contributed by atoms with van der Waals surface area (Å²) in [7, 11) is 0. The summed E-state index contributed by atoms with van der Waals surface area (Å²) in [5.74, 6) is 0.273. The monoisotopic (exact) mass is 396 g/mol. The lowest BCUT2D eigenvalue weighted by molar-refractivity contribution is 0.219. The highest BCUT2D eigenvalue weighted by Crippen LogP contribution is 2.21. The number of aromatic nitrogens is 1. The fourth-order valence-electron chi connectivity index (χ4n) is 3.50. The number of rotatable bonds is 4. The smallest absolute Gasteiger partial charge is 0.123 e. The second-order valence-electron chi connectivity index (χ2n) is 7.27. The molecule has 1 saturated heterocycles. The van der Waals surface area contributed by atoms with E-state index in [1.54, 1.807) is 48.8 Å². The van der Waals surface area contributed by atoms with Gasteiger partial charge in [-0.1, -0.05) is 24.3 Å². The Labute approximate surface area is 170 Å². The van der Waals surface area contributed by atoms with Crippen molar-refractivity contribution in [2.24, 2.45) is 5.92 Å². The van der Waals surface area contributed by atoms with Gasteiger partial charge in [0.2, 0.25) is 0 Å². The lowest BCUT2D eigenvalue weighted by Gasteiger charge is -2.22. The van der Waals surface area contributed by atoms with E-state index in [9.17, 15) is 13.9 Å². The highest BCUT2D eigenvalue weighted by atomic mass is 19.1. The first-order valence-corrected chi connectivity index (χ1v) is 9.90. The molecular formula is C24H26F2N2O. The minimum absolute atomic E-state index is 0.114. The molecule has 2 heterocycles. The van der Waals surface area contributed by atoms with Gasteiger partial charge >= 0.3 is 0 Å². The van der Waals surface area contributed by atoms with Crippen LogP contribution in [0.25, 0.3) is 0 Å². The Bertz CT molecular complexity index is 883. The van der Waals surface area contributed by atoms with E-state index in [4.69, 9.17) is 0 Å². The van der Waals surface area contributed by atoms with Crippen LogP contribution in [0.2, 0.25) is 0 Å². The van der Waals surface area contributed by atoms with E-state index >= 15 is 0 Å². The summed E-state index contributed by atoms with van der Waals surface area (Å²) in [6, 6.07) is 16.3. The standard InChI is InChI=1S/C12H10FNO.C12H16FN/c13-11-3-1-2-10(8-11)12(15)9-4-6-14-7-5-9;13-12-3-1-2-11(9-12)8-10-4-6-14-7-5-10/h1-8,12,15H;1-3,9-10,14H,4-8H2. The molecule has 0 saturated carbocycles. The molecule has 5 heteroatoms. The topological polar surface area (TPSA) is 45.1 Å². The zero-order valence-corrected chi connectivity index (χ0v) is 16.3. The average molecular weight is 396 g/mol. The number of aliphatic hydroxyl groups excluding tert-OH is 1. The van der Waals surface area contributed by atoms with E-state index in [-0.39, 0.29) is 11.6 Å². The third kappa shape index (κ3) is 6.73. The molecule has 1 atom stereocenters. The molecule has 4 rings (SSSR count). The van der Waals surface area contributed by atoms with Crippen LogP contribution in [0.5, 0.6) is 0 Å². The van der Waals surface area contributed by atoms with Crippen LogP contribution in [-0.4, -0.2) is 23.2 Å². The van der Waals surface area contributed by atoms with Crippen LogP contribution in [0.1, 0.15) is 35.6 Å². The molecule has 0 spiro atoms. The van der Waals surface area contributed by atoms with Crippen molar-refractivity contribution in [1.29, 1.82) is 0 Å². The van der Waals surface area contributed by atoms with Crippen LogP contribution >= 0.6 is 0 Å². The van der Waals surface area contributed by atoms with E-state index in [1.165, 1.54) is 31.0 Å². The molecule has 1 unspecified atom stereocenters. The van der Waals surface area contributed by atoms with Gasteiger partial charge in [-0.15, -0.1) is 0 Å². The van der Waals surface area contributed by atoms with Crippen molar-refractivity contribution in [3.63, 3.8) is 0 Å². The molecular weight excluding hydrogens is 370 g/mol. The van der Waals surface area contributed by atoms with Gasteiger partial charge in [0, 0.05) is 12.4 Å². The molecule has 1 aliphatic rings. The van der Waals surface area contributed by atoms with Crippen LogP contribution in [0.15, 0.2) is 73.1 Å². The SMILES string of the molecule is Fc1cccc(CC2CCNCC2)c1.OC(c1ccncc1)c1cccc(F)c1. The lowest BCUT2D eigenvalue weighted by atomic mass is 9.91. The molecule has 2 N–H and O–H groups in total. The molecule has 0 amide bonds. The first kappa shape index (κ1) is 21.1. The molecule has 1 aliphatic heterocycles. The number of nitrogens with one attached hydrogen (secondary N) is 1. The first-order chi connectivity index (χ1) is 14.1. The van der Waals surface area contributed by atoms with E-state index in [0.717, 1.165) is 31.0 Å². The molecule has 3 aromatic rings. The minimum atomic E-state index is -0.802. The van der Waals surface area contributed by atoms with Crippen molar-refractivity contribution in [3.8, 4) is 0 Å². The fraction of sp³-hybridized carbons (Fsp3) is 0.292. The van der Waals surface area contributed by atoms with Crippen molar-refractivity contribution >= 4 is 0 Å². The van der Waals surface area contributed by atoms with Gasteiger partial charge in [0.05, 0.1) is 0 Å². The van der Waals surface area contributed by atoms with E-state index < -0.39 is 6.10 Å². The minimum Gasteiger partial charge on any atom is -0.384 e. The molecule has 0 radical (unpaired) electrons. The van der Waals surface area contributed by atoms with Crippen molar-refractivity contribution in [2.45, 2.75) is 25.4 Å². The molecule has 2 aromatic carbocycles. The van der Waals surface area contributed by atoms with Gasteiger partial charge in [-0.2, -0.15) is 0 Å². The van der Waals surface area contributed by atoms with Gasteiger partial charge in [0.25, 0.3) is 0 Å². The molecule has 0 aliphatic carbocycles. The van der Waals surface area contributed by atoms with Crippen molar-refractivity contribution in [3.05, 3.63) is 101 Å². The van der Waals surface area contributed by atoms with Crippen molar-refractivity contribution < 1.29 is 13.9 Å². The van der Waals surface area contributed by atoms with E-state index in [2.05, 4.69) is 10.3 Å². The summed E-state index contributed by atoms with van der Waals surface area (Å²) in [6.45, 7) is 2.22. The second kappa shape index (κ2) is 10.8. The number of hydrogen-bond donors (Lipinski definition) is 2. The Hall–Kier alpha value is -2.63. The van der Waals surface area contributed by atoms with Crippen LogP contribution in [-0.2, 0) is 6.42 Å². The highest BCUT2D eigenvalue weighted by Gasteiger charge is 2.13. The molecule has 0 bridgehead atoms. The number of aliphatic hydroxyl groups is 1. The highest BCUT2D eigenvalue weighted by molar-refractivity contribution is 5.28. The van der Waals surface area contributed by atoms with Gasteiger partial charge in [-0.05, 0) is 91.4 Å². The van der Waals surface area contributed by atoms with E-state index in [1.807, 2.05) is 6.07 Å². The molecule has 152 valence electrons. The Morgan fingerprint density at radius 1 is 0.897 bits per heavy atom. The molecule has 1 fully saturated rings. The average Bonchev–Trinajstić information content (AvgIpc) is 2.75. The van der Waals surface area contributed by atoms with Crippen LogP contribution in [0.4, 0.5) is 8.78 Å². The van der Waals surface area contributed by atoms with Gasteiger partial charge in [-0.25, -0.2) is 8.78 Å². The third-order valence-electron chi connectivity index (χ3n) is 5.06. The van der Waals surface area contributed by atoms with Gasteiger partial charge in [0.15, 0.2) is 0 Å². The second-order valence-corrected chi connectivity index (χ2v) is 7.27. The Morgan fingerprint density at radius 3 is 2.21 bits per heavy atom. The number of nitrogens with zero attached hydrogens (tertiary/aromatic N) is 1. The maximum absolute atomic E-state index is 12.9. The van der Waals surface area contributed by atoms with E-state index in [0.29, 0.717) is 11.1 Å². The quantitative estimate of drug-likeness (QED) is 0.674. The third-order valence-corrected chi connectivity index (χ3v) is 5.06. The largest absolute Gasteiger partial charge is 0.384 e. The predicted molar refractivity (Wildman–Crippen MR) is 110 cm³/mol. The maximum atomic E-state index is 12.9. The summed E-state index contributed by atoms with van der Waals surface area (Å²) >= 11 is 0. The Balaban J connectivity index is 0.000000166. The molecule has 1 aromatic heterocycles. The van der Waals surface area contributed by atoms with Gasteiger partial charge in [0.1, 0.15) is 17.7 Å². The lowest BCUT2D eigenvalue weighted by Crippen LogP contribution is -2.28. The Morgan fingerprint density at radius 2 is 1.55 bits per heavy atom. The summed E-state index contributed by atoms with van der Waals surface area (Å²) in [5, 5.41) is 13.3. The summed E-state index contributed by atoms with van der Waals surface area (Å²) in [5.41, 5.74) is 2.38. The van der Waals surface area contributed by atoms with Crippen LogP contribution in [0, 0.1) is 17.6 Å². The first-order valence-electron chi connectivity index (χ1n) is 9.90. The summed E-state index contributed by atoms with van der Waals surface area (Å²) < 4.78 is 25.8. The number of hydrogen-bond acceptors (Lipinski definition) is 3. The zero-order chi connectivity index (χ0) is 20.5. The van der Waals surface area contributed by atoms with Crippen molar-refractivity contribution in [1.82, 2.24) is 10.3 Å².